The molecule has 1 aromatic rings. The fourth-order valence-electron chi connectivity index (χ4n) is 1.15. The molecule has 0 heterocycles. The molecule has 1 aromatic carbocycles. The number of carbonyl (C=O) groups is 1. The summed E-state index contributed by atoms with van der Waals surface area (Å²) in [5.74, 6) is -2.00. The molecule has 74 valence electrons. The van der Waals surface area contributed by atoms with E-state index in [1.807, 2.05) is 0 Å². The molecule has 0 unspecified atom stereocenters. The Morgan fingerprint density at radius 3 is 2.57 bits per heavy atom. The summed E-state index contributed by atoms with van der Waals surface area (Å²) in [6.45, 7) is 3.49. The molecular formula is C11H10F2O. The monoisotopic (exact) mass is 196 g/mol. The molecule has 0 radical (unpaired) electrons. The average Bonchev–Trinajstić information content (AvgIpc) is 2.20. The zero-order chi connectivity index (χ0) is 10.6. The molecule has 14 heavy (non-hydrogen) atoms. The molecule has 0 bridgehead atoms. The molecule has 0 amide bonds. The predicted octanol–water partition coefficient (Wildman–Crippen LogP) is 2.90. The molecule has 1 nitrogen and oxygen atoms in total. The maximum atomic E-state index is 13.2. The van der Waals surface area contributed by atoms with Gasteiger partial charge in [-0.1, -0.05) is 12.1 Å². The van der Waals surface area contributed by atoms with Crippen LogP contribution >= 0.6 is 0 Å². The Labute approximate surface area is 81.1 Å². The molecule has 0 fully saturated rings. The van der Waals surface area contributed by atoms with Crippen molar-refractivity contribution in [2.24, 2.45) is 0 Å². The van der Waals surface area contributed by atoms with Crippen LogP contribution in [-0.2, 0) is 6.42 Å². The second-order valence-corrected chi connectivity index (χ2v) is 2.89. The molecule has 0 aliphatic rings. The van der Waals surface area contributed by atoms with E-state index < -0.39 is 11.6 Å². The summed E-state index contributed by atoms with van der Waals surface area (Å²) in [5.41, 5.74) is 0.0258. The predicted molar refractivity (Wildman–Crippen MR) is 50.3 cm³/mol. The maximum absolute atomic E-state index is 13.2. The Balaban J connectivity index is 3.03. The van der Waals surface area contributed by atoms with Gasteiger partial charge in [-0.25, -0.2) is 8.78 Å². The first kappa shape index (κ1) is 10.6. The number of aldehydes is 1. The highest BCUT2D eigenvalue weighted by atomic mass is 19.2. The molecule has 0 aliphatic heterocycles. The van der Waals surface area contributed by atoms with Gasteiger partial charge in [0.2, 0.25) is 0 Å². The summed E-state index contributed by atoms with van der Waals surface area (Å²) in [6, 6.07) is 2.70. The molecule has 0 atom stereocenters. The lowest BCUT2D eigenvalue weighted by Crippen LogP contribution is -1.98. The highest BCUT2D eigenvalue weighted by molar-refractivity contribution is 5.75. The number of benzene rings is 1. The number of allylic oxidation sites excluding steroid dienone is 1. The average molecular weight is 196 g/mol. The third-order valence-electron chi connectivity index (χ3n) is 1.94. The van der Waals surface area contributed by atoms with Crippen molar-refractivity contribution >= 4 is 6.29 Å². The number of halogens is 2. The molecular weight excluding hydrogens is 186 g/mol. The van der Waals surface area contributed by atoms with Crippen molar-refractivity contribution in [2.45, 2.75) is 12.8 Å². The van der Waals surface area contributed by atoms with Crippen LogP contribution in [0.4, 0.5) is 8.78 Å². The highest BCUT2D eigenvalue weighted by Crippen LogP contribution is 2.16. The van der Waals surface area contributed by atoms with E-state index in [-0.39, 0.29) is 11.1 Å². The molecule has 0 N–H and O–H groups in total. The van der Waals surface area contributed by atoms with Crippen molar-refractivity contribution in [1.82, 2.24) is 0 Å². The zero-order valence-electron chi connectivity index (χ0n) is 7.59. The van der Waals surface area contributed by atoms with Crippen molar-refractivity contribution in [2.75, 3.05) is 0 Å². The van der Waals surface area contributed by atoms with Gasteiger partial charge < -0.3 is 0 Å². The van der Waals surface area contributed by atoms with Crippen LogP contribution in [0.25, 0.3) is 0 Å². The van der Waals surface area contributed by atoms with E-state index in [1.165, 1.54) is 12.1 Å². The Bertz CT molecular complexity index is 359. The smallest absolute Gasteiger partial charge is 0.169 e. The van der Waals surface area contributed by atoms with Crippen LogP contribution in [0.15, 0.2) is 24.8 Å². The van der Waals surface area contributed by atoms with Crippen LogP contribution in [0.5, 0.6) is 0 Å². The van der Waals surface area contributed by atoms with Gasteiger partial charge in [-0.2, -0.15) is 0 Å². The quantitative estimate of drug-likeness (QED) is 0.534. The number of hydrogen-bond acceptors (Lipinski definition) is 1. The fraction of sp³-hybridized carbons (Fsp3) is 0.182. The normalized spacial score (nSPS) is 9.86. The van der Waals surface area contributed by atoms with E-state index in [9.17, 15) is 13.6 Å². The summed E-state index contributed by atoms with van der Waals surface area (Å²) in [7, 11) is 0. The lowest BCUT2D eigenvalue weighted by molar-refractivity contribution is 0.111. The van der Waals surface area contributed by atoms with Gasteiger partial charge in [-0.15, -0.1) is 6.58 Å². The fourth-order valence-corrected chi connectivity index (χ4v) is 1.15. The summed E-state index contributed by atoms with van der Waals surface area (Å²) in [4.78, 5) is 10.3. The van der Waals surface area contributed by atoms with Crippen LogP contribution in [0.1, 0.15) is 22.3 Å². The van der Waals surface area contributed by atoms with Crippen LogP contribution < -0.4 is 0 Å². The molecule has 0 spiro atoms. The van der Waals surface area contributed by atoms with Crippen molar-refractivity contribution in [3.05, 3.63) is 47.5 Å². The molecule has 0 aliphatic carbocycles. The van der Waals surface area contributed by atoms with Crippen LogP contribution in [0.2, 0.25) is 0 Å². The minimum absolute atomic E-state index is 0.246. The lowest BCUT2D eigenvalue weighted by atomic mass is 10.1. The minimum atomic E-state index is -1.07. The van der Waals surface area contributed by atoms with Gasteiger partial charge in [0.15, 0.2) is 17.9 Å². The number of hydrogen-bond donors (Lipinski definition) is 0. The Morgan fingerprint density at radius 2 is 2.00 bits per heavy atom. The number of aryl methyl sites for hydroxylation is 1. The third-order valence-corrected chi connectivity index (χ3v) is 1.94. The Kier molecular flexibility index (Phi) is 3.51. The van der Waals surface area contributed by atoms with Gasteiger partial charge in [0.05, 0.1) is 5.56 Å². The molecule has 0 aromatic heterocycles. The molecule has 0 saturated heterocycles. The topological polar surface area (TPSA) is 17.1 Å². The molecule has 1 rings (SSSR count). The van der Waals surface area contributed by atoms with Crippen LogP contribution in [0.3, 0.4) is 0 Å². The van der Waals surface area contributed by atoms with Gasteiger partial charge in [0, 0.05) is 0 Å². The van der Waals surface area contributed by atoms with Gasteiger partial charge in [-0.05, 0) is 24.5 Å². The summed E-state index contributed by atoms with van der Waals surface area (Å²) >= 11 is 0. The van der Waals surface area contributed by atoms with E-state index in [0.717, 1.165) is 0 Å². The maximum Gasteiger partial charge on any atom is 0.169 e. The Morgan fingerprint density at radius 1 is 1.29 bits per heavy atom. The zero-order valence-corrected chi connectivity index (χ0v) is 7.59. The van der Waals surface area contributed by atoms with E-state index in [4.69, 9.17) is 0 Å². The first-order chi connectivity index (χ1) is 6.70. The van der Waals surface area contributed by atoms with Crippen molar-refractivity contribution in [3.63, 3.8) is 0 Å². The van der Waals surface area contributed by atoms with Gasteiger partial charge in [0.1, 0.15) is 0 Å². The van der Waals surface area contributed by atoms with Gasteiger partial charge in [0.25, 0.3) is 0 Å². The van der Waals surface area contributed by atoms with Gasteiger partial charge in [-0.3, -0.25) is 4.79 Å². The van der Waals surface area contributed by atoms with Gasteiger partial charge >= 0.3 is 0 Å². The first-order valence-corrected chi connectivity index (χ1v) is 4.23. The first-order valence-electron chi connectivity index (χ1n) is 4.23. The number of rotatable bonds is 4. The van der Waals surface area contributed by atoms with Crippen LogP contribution in [0, 0.1) is 11.6 Å². The second kappa shape index (κ2) is 4.65. The SMILES string of the molecule is C=CCCc1ccc(C=O)c(F)c1F. The van der Waals surface area contributed by atoms with Crippen molar-refractivity contribution in [3.8, 4) is 0 Å². The van der Waals surface area contributed by atoms with E-state index in [2.05, 4.69) is 6.58 Å². The standard InChI is InChI=1S/C11H10F2O/c1-2-3-4-8-5-6-9(7-14)11(13)10(8)12/h2,5-7H,1,3-4H2. The summed E-state index contributed by atoms with van der Waals surface area (Å²) in [5, 5.41) is 0. The molecule has 3 heteroatoms. The summed E-state index contributed by atoms with van der Waals surface area (Å²) in [6.07, 6.45) is 2.91. The van der Waals surface area contributed by atoms with Crippen molar-refractivity contribution < 1.29 is 13.6 Å². The van der Waals surface area contributed by atoms with Crippen LogP contribution in [-0.4, -0.2) is 6.29 Å². The third kappa shape index (κ3) is 2.05. The van der Waals surface area contributed by atoms with E-state index >= 15 is 0 Å². The molecule has 0 saturated carbocycles. The van der Waals surface area contributed by atoms with E-state index in [0.29, 0.717) is 19.1 Å². The Hall–Kier alpha value is -1.51. The number of carbonyl (C=O) groups excluding carboxylic acids is 1. The second-order valence-electron chi connectivity index (χ2n) is 2.89. The highest BCUT2D eigenvalue weighted by Gasteiger charge is 2.11. The largest absolute Gasteiger partial charge is 0.298 e. The summed E-state index contributed by atoms with van der Waals surface area (Å²) < 4.78 is 26.3. The minimum Gasteiger partial charge on any atom is -0.298 e. The lowest BCUT2D eigenvalue weighted by Gasteiger charge is -2.03. The van der Waals surface area contributed by atoms with E-state index in [1.54, 1.807) is 6.08 Å². The van der Waals surface area contributed by atoms with Crippen molar-refractivity contribution in [1.29, 1.82) is 0 Å².